The Bertz CT molecular complexity index is 394. The molecular formula is C10H12N2O. The molecule has 13 heavy (non-hydrogen) atoms. The van der Waals surface area contributed by atoms with Crippen LogP contribution in [-0.4, -0.2) is 11.5 Å². The van der Waals surface area contributed by atoms with Crippen molar-refractivity contribution in [3.63, 3.8) is 0 Å². The first-order chi connectivity index (χ1) is 6.42. The van der Waals surface area contributed by atoms with E-state index in [1.54, 1.807) is 12.5 Å². The normalized spacial score (nSPS) is 10.8. The summed E-state index contributed by atoms with van der Waals surface area (Å²) in [4.78, 5) is 4.06. The second kappa shape index (κ2) is 3.58. The van der Waals surface area contributed by atoms with Gasteiger partial charge in [0.25, 0.3) is 0 Å². The summed E-state index contributed by atoms with van der Waals surface area (Å²) < 4.78 is 5.37. The largest absolute Gasteiger partial charge is 0.464 e. The molecule has 0 bridgehead atoms. The van der Waals surface area contributed by atoms with Gasteiger partial charge in [-0.05, 0) is 31.0 Å². The van der Waals surface area contributed by atoms with E-state index in [1.807, 2.05) is 12.3 Å². The van der Waals surface area contributed by atoms with E-state index in [0.29, 0.717) is 6.54 Å². The van der Waals surface area contributed by atoms with Gasteiger partial charge in [0.1, 0.15) is 5.58 Å². The molecule has 3 heteroatoms. The topological polar surface area (TPSA) is 52.0 Å². The number of hydrogen-bond donors (Lipinski definition) is 1. The van der Waals surface area contributed by atoms with Gasteiger partial charge in [-0.1, -0.05) is 0 Å². The van der Waals surface area contributed by atoms with Crippen LogP contribution in [0.1, 0.15) is 12.0 Å². The molecule has 0 saturated carbocycles. The Morgan fingerprint density at radius 1 is 1.46 bits per heavy atom. The zero-order valence-corrected chi connectivity index (χ0v) is 7.36. The van der Waals surface area contributed by atoms with E-state index in [0.717, 1.165) is 23.8 Å². The molecule has 0 spiro atoms. The maximum absolute atomic E-state index is 5.44. The summed E-state index contributed by atoms with van der Waals surface area (Å²) in [5.74, 6) is 0. The zero-order chi connectivity index (χ0) is 9.10. The van der Waals surface area contributed by atoms with Crippen molar-refractivity contribution in [2.24, 2.45) is 5.73 Å². The van der Waals surface area contributed by atoms with Crippen LogP contribution < -0.4 is 5.73 Å². The lowest BCUT2D eigenvalue weighted by Crippen LogP contribution is -1.99. The Morgan fingerprint density at radius 2 is 2.38 bits per heavy atom. The molecule has 0 radical (unpaired) electrons. The van der Waals surface area contributed by atoms with E-state index in [9.17, 15) is 0 Å². The van der Waals surface area contributed by atoms with Crippen molar-refractivity contribution in [2.45, 2.75) is 12.8 Å². The van der Waals surface area contributed by atoms with E-state index < -0.39 is 0 Å². The average molecular weight is 176 g/mol. The summed E-state index contributed by atoms with van der Waals surface area (Å²) in [6.07, 6.45) is 7.32. The maximum Gasteiger partial charge on any atom is 0.137 e. The van der Waals surface area contributed by atoms with Crippen molar-refractivity contribution in [1.29, 1.82) is 0 Å². The number of aromatic nitrogens is 1. The van der Waals surface area contributed by atoms with Crippen LogP contribution in [0.15, 0.2) is 29.1 Å². The van der Waals surface area contributed by atoms with Gasteiger partial charge >= 0.3 is 0 Å². The van der Waals surface area contributed by atoms with Crippen LogP contribution in [0, 0.1) is 0 Å². The monoisotopic (exact) mass is 176 g/mol. The number of furan rings is 1. The number of fused-ring (bicyclic) bond motifs is 1. The number of nitrogens with two attached hydrogens (primary N) is 1. The summed E-state index contributed by atoms with van der Waals surface area (Å²) in [7, 11) is 0. The fourth-order valence-corrected chi connectivity index (χ4v) is 1.41. The van der Waals surface area contributed by atoms with Crippen molar-refractivity contribution < 1.29 is 4.42 Å². The van der Waals surface area contributed by atoms with Gasteiger partial charge in [-0.15, -0.1) is 0 Å². The Hall–Kier alpha value is -1.35. The average Bonchev–Trinajstić information content (AvgIpc) is 2.58. The van der Waals surface area contributed by atoms with Gasteiger partial charge in [0.05, 0.1) is 6.26 Å². The van der Waals surface area contributed by atoms with Crippen molar-refractivity contribution in [2.75, 3.05) is 6.54 Å². The second-order valence-corrected chi connectivity index (χ2v) is 3.03. The van der Waals surface area contributed by atoms with E-state index in [1.165, 1.54) is 5.56 Å². The van der Waals surface area contributed by atoms with Crippen LogP contribution in [0.5, 0.6) is 0 Å². The second-order valence-electron chi connectivity index (χ2n) is 3.03. The Labute approximate surface area is 76.6 Å². The maximum atomic E-state index is 5.44. The minimum Gasteiger partial charge on any atom is -0.464 e. The lowest BCUT2D eigenvalue weighted by Gasteiger charge is -1.94. The van der Waals surface area contributed by atoms with E-state index in [-0.39, 0.29) is 0 Å². The highest BCUT2D eigenvalue weighted by molar-refractivity contribution is 5.79. The molecule has 2 N–H and O–H groups in total. The molecule has 0 fully saturated rings. The summed E-state index contributed by atoms with van der Waals surface area (Å²) in [5, 5.41) is 1.11. The predicted octanol–water partition coefficient (Wildman–Crippen LogP) is 1.72. The number of nitrogens with zero attached hydrogens (tertiary/aromatic N) is 1. The van der Waals surface area contributed by atoms with Crippen LogP contribution >= 0.6 is 0 Å². The Kier molecular flexibility index (Phi) is 2.27. The predicted molar refractivity (Wildman–Crippen MR) is 51.4 cm³/mol. The minimum atomic E-state index is 0.715. The van der Waals surface area contributed by atoms with Gasteiger partial charge in [0.2, 0.25) is 0 Å². The summed E-state index contributed by atoms with van der Waals surface area (Å²) in [6.45, 7) is 0.715. The van der Waals surface area contributed by atoms with Crippen molar-refractivity contribution in [1.82, 2.24) is 4.98 Å². The molecule has 0 aliphatic rings. The van der Waals surface area contributed by atoms with Gasteiger partial charge in [-0.3, -0.25) is 4.98 Å². The Morgan fingerprint density at radius 3 is 3.23 bits per heavy atom. The first-order valence-electron chi connectivity index (χ1n) is 4.42. The third-order valence-electron chi connectivity index (χ3n) is 2.11. The van der Waals surface area contributed by atoms with Gasteiger partial charge in [0, 0.05) is 17.8 Å². The molecule has 0 aromatic carbocycles. The Balaban J connectivity index is 2.35. The van der Waals surface area contributed by atoms with Crippen LogP contribution in [0.2, 0.25) is 0 Å². The highest BCUT2D eigenvalue weighted by Crippen LogP contribution is 2.20. The lowest BCUT2D eigenvalue weighted by atomic mass is 10.1. The molecule has 0 unspecified atom stereocenters. The van der Waals surface area contributed by atoms with Crippen molar-refractivity contribution in [3.05, 3.63) is 30.3 Å². The molecule has 0 atom stereocenters. The van der Waals surface area contributed by atoms with Crippen molar-refractivity contribution in [3.8, 4) is 0 Å². The highest BCUT2D eigenvalue weighted by atomic mass is 16.3. The molecule has 2 rings (SSSR count). The molecule has 3 nitrogen and oxygen atoms in total. The molecule has 2 heterocycles. The van der Waals surface area contributed by atoms with Gasteiger partial charge in [-0.25, -0.2) is 0 Å². The standard InChI is InChI=1S/C10H12N2O/c11-4-1-2-8-7-13-10-3-5-12-6-9(8)10/h3,5-7H,1-2,4,11H2. The fourth-order valence-electron chi connectivity index (χ4n) is 1.41. The minimum absolute atomic E-state index is 0.715. The van der Waals surface area contributed by atoms with Crippen LogP contribution in [-0.2, 0) is 6.42 Å². The van der Waals surface area contributed by atoms with Gasteiger partial charge < -0.3 is 10.2 Å². The first-order valence-corrected chi connectivity index (χ1v) is 4.42. The zero-order valence-electron chi connectivity index (χ0n) is 7.36. The molecule has 0 amide bonds. The van der Waals surface area contributed by atoms with E-state index in [4.69, 9.17) is 10.2 Å². The molecular weight excluding hydrogens is 164 g/mol. The van der Waals surface area contributed by atoms with Crippen molar-refractivity contribution >= 4 is 11.0 Å². The summed E-state index contributed by atoms with van der Waals surface area (Å²) >= 11 is 0. The highest BCUT2D eigenvalue weighted by Gasteiger charge is 2.03. The van der Waals surface area contributed by atoms with Crippen LogP contribution in [0.4, 0.5) is 0 Å². The molecule has 0 saturated heterocycles. The van der Waals surface area contributed by atoms with E-state index >= 15 is 0 Å². The first kappa shape index (κ1) is 8.26. The smallest absolute Gasteiger partial charge is 0.137 e. The van der Waals surface area contributed by atoms with E-state index in [2.05, 4.69) is 4.98 Å². The number of pyridine rings is 1. The molecule has 2 aromatic heterocycles. The quantitative estimate of drug-likeness (QED) is 0.774. The molecule has 68 valence electrons. The third-order valence-corrected chi connectivity index (χ3v) is 2.11. The summed E-state index contributed by atoms with van der Waals surface area (Å²) in [6, 6.07) is 1.88. The molecule has 2 aromatic rings. The number of hydrogen-bond acceptors (Lipinski definition) is 3. The fraction of sp³-hybridized carbons (Fsp3) is 0.300. The van der Waals surface area contributed by atoms with Gasteiger partial charge in [0.15, 0.2) is 0 Å². The molecule has 0 aliphatic heterocycles. The lowest BCUT2D eigenvalue weighted by molar-refractivity contribution is 0.608. The van der Waals surface area contributed by atoms with Crippen LogP contribution in [0.3, 0.4) is 0 Å². The van der Waals surface area contributed by atoms with Gasteiger partial charge in [-0.2, -0.15) is 0 Å². The summed E-state index contributed by atoms with van der Waals surface area (Å²) in [5.41, 5.74) is 7.55. The number of rotatable bonds is 3. The third kappa shape index (κ3) is 1.55. The SMILES string of the molecule is NCCCc1coc2ccncc12. The number of aryl methyl sites for hydroxylation is 1. The van der Waals surface area contributed by atoms with Crippen LogP contribution in [0.25, 0.3) is 11.0 Å². The molecule has 0 aliphatic carbocycles.